The predicted molar refractivity (Wildman–Crippen MR) is 91.5 cm³/mol. The highest BCUT2D eigenvalue weighted by atomic mass is 35.5. The Morgan fingerprint density at radius 1 is 1.16 bits per heavy atom. The summed E-state index contributed by atoms with van der Waals surface area (Å²) in [7, 11) is 0. The summed E-state index contributed by atoms with van der Waals surface area (Å²) >= 11 is 6.05. The minimum Gasteiger partial charge on any atom is -0.319 e. The molecule has 1 aliphatic heterocycles. The summed E-state index contributed by atoms with van der Waals surface area (Å²) in [6.45, 7) is -0.180. The van der Waals surface area contributed by atoms with E-state index < -0.39 is 17.4 Å². The predicted octanol–water partition coefficient (Wildman–Crippen LogP) is 3.76. The molecule has 1 heterocycles. The Bertz CT molecular complexity index is 865. The number of nitrogens with one attached hydrogen (secondary N) is 1. The number of hydrogen-bond acceptors (Lipinski definition) is 2. The molecule has 1 aliphatic carbocycles. The molecule has 1 fully saturated rings. The maximum Gasteiger partial charge on any atom is 0.325 e. The van der Waals surface area contributed by atoms with Gasteiger partial charge in [-0.05, 0) is 42.5 Å². The van der Waals surface area contributed by atoms with Gasteiger partial charge in [0, 0.05) is 10.6 Å². The van der Waals surface area contributed by atoms with Gasteiger partial charge in [0.25, 0.3) is 5.91 Å². The number of rotatable bonds is 2. The minimum atomic E-state index is -1.05. The second-order valence-corrected chi connectivity index (χ2v) is 6.84. The van der Waals surface area contributed by atoms with Crippen LogP contribution in [0, 0.1) is 5.82 Å². The van der Waals surface area contributed by atoms with E-state index in [2.05, 4.69) is 5.32 Å². The van der Waals surface area contributed by atoms with Gasteiger partial charge in [0.1, 0.15) is 11.4 Å². The molecule has 3 amide bonds. The average Bonchev–Trinajstić information content (AvgIpc) is 2.83. The van der Waals surface area contributed by atoms with Gasteiger partial charge in [-0.3, -0.25) is 9.69 Å². The lowest BCUT2D eigenvalue weighted by molar-refractivity contribution is -0.132. The fraction of sp³-hybridized carbons (Fsp3) is 0.263. The molecule has 128 valence electrons. The number of carbonyl (C=O) groups is 2. The Balaban J connectivity index is 1.73. The average molecular weight is 359 g/mol. The summed E-state index contributed by atoms with van der Waals surface area (Å²) in [5.74, 6) is -0.873. The van der Waals surface area contributed by atoms with Crippen LogP contribution in [-0.4, -0.2) is 16.8 Å². The lowest BCUT2D eigenvalue weighted by Crippen LogP contribution is -2.46. The largest absolute Gasteiger partial charge is 0.325 e. The fourth-order valence-corrected chi connectivity index (χ4v) is 4.02. The van der Waals surface area contributed by atoms with Crippen LogP contribution < -0.4 is 5.32 Å². The first kappa shape index (κ1) is 16.1. The number of imide groups is 1. The lowest BCUT2D eigenvalue weighted by atomic mass is 9.76. The number of aryl methyl sites for hydroxylation is 1. The third-order valence-corrected chi connectivity index (χ3v) is 5.38. The number of amides is 3. The molecule has 6 heteroatoms. The number of benzene rings is 2. The van der Waals surface area contributed by atoms with Crippen LogP contribution in [-0.2, 0) is 23.3 Å². The van der Waals surface area contributed by atoms with Gasteiger partial charge < -0.3 is 5.32 Å². The van der Waals surface area contributed by atoms with Crippen molar-refractivity contribution in [2.75, 3.05) is 0 Å². The van der Waals surface area contributed by atoms with E-state index in [9.17, 15) is 14.0 Å². The van der Waals surface area contributed by atoms with Crippen LogP contribution in [0.5, 0.6) is 0 Å². The first-order valence-electron chi connectivity index (χ1n) is 8.18. The van der Waals surface area contributed by atoms with Gasteiger partial charge in [0.05, 0.1) is 6.54 Å². The Labute approximate surface area is 149 Å². The zero-order valence-electron chi connectivity index (χ0n) is 13.4. The summed E-state index contributed by atoms with van der Waals surface area (Å²) in [5, 5.41) is 3.06. The Hall–Kier alpha value is -2.40. The molecule has 25 heavy (non-hydrogen) atoms. The van der Waals surface area contributed by atoms with Crippen molar-refractivity contribution >= 4 is 23.5 Å². The van der Waals surface area contributed by atoms with Crippen molar-refractivity contribution in [3.05, 3.63) is 70.0 Å². The Kier molecular flexibility index (Phi) is 3.76. The van der Waals surface area contributed by atoms with Gasteiger partial charge >= 0.3 is 6.03 Å². The molecule has 2 aromatic carbocycles. The van der Waals surface area contributed by atoms with Crippen molar-refractivity contribution < 1.29 is 14.0 Å². The van der Waals surface area contributed by atoms with Crippen LogP contribution >= 0.6 is 11.6 Å². The SMILES string of the molecule is O=C1N[C@@]2(CCCc3ccccc32)C(=O)N1Cc1c(F)cccc1Cl. The highest BCUT2D eigenvalue weighted by molar-refractivity contribution is 6.31. The van der Waals surface area contributed by atoms with Gasteiger partial charge in [0.15, 0.2) is 0 Å². The van der Waals surface area contributed by atoms with Crippen molar-refractivity contribution in [2.45, 2.75) is 31.3 Å². The number of nitrogens with zero attached hydrogens (tertiary/aromatic N) is 1. The minimum absolute atomic E-state index is 0.147. The number of urea groups is 1. The first-order chi connectivity index (χ1) is 12.0. The fourth-order valence-electron chi connectivity index (χ4n) is 3.80. The van der Waals surface area contributed by atoms with Gasteiger partial charge in [-0.1, -0.05) is 41.9 Å². The molecule has 4 nitrogen and oxygen atoms in total. The monoisotopic (exact) mass is 358 g/mol. The van der Waals surface area contributed by atoms with Crippen molar-refractivity contribution in [3.8, 4) is 0 Å². The molecular weight excluding hydrogens is 343 g/mol. The standard InChI is InChI=1S/C19H16ClFN2O2/c20-15-8-3-9-16(21)13(15)11-23-17(24)19(22-18(23)25)10-4-6-12-5-1-2-7-14(12)19/h1-3,5,7-9H,4,6,10-11H2,(H,22,25)/t19-/m1/s1. The van der Waals surface area contributed by atoms with Crippen molar-refractivity contribution in [3.63, 3.8) is 0 Å². The molecule has 1 saturated heterocycles. The molecule has 1 atom stereocenters. The summed E-state index contributed by atoms with van der Waals surface area (Å²) in [5.41, 5.74) is 0.993. The highest BCUT2D eigenvalue weighted by Gasteiger charge is 2.53. The van der Waals surface area contributed by atoms with Crippen molar-refractivity contribution in [2.24, 2.45) is 0 Å². The van der Waals surface area contributed by atoms with Crippen LogP contribution in [0.1, 0.15) is 29.5 Å². The molecule has 2 aliphatic rings. The van der Waals surface area contributed by atoms with E-state index in [1.807, 2.05) is 24.3 Å². The van der Waals surface area contributed by atoms with Gasteiger partial charge in [-0.2, -0.15) is 0 Å². The maximum atomic E-state index is 14.1. The normalized spacial score (nSPS) is 22.2. The zero-order chi connectivity index (χ0) is 17.6. The summed E-state index contributed by atoms with van der Waals surface area (Å²) in [4.78, 5) is 26.7. The third kappa shape index (κ3) is 2.42. The summed E-state index contributed by atoms with van der Waals surface area (Å²) in [6, 6.07) is 11.4. The molecule has 0 saturated carbocycles. The third-order valence-electron chi connectivity index (χ3n) is 5.03. The molecule has 0 aromatic heterocycles. The number of carbonyl (C=O) groups excluding carboxylic acids is 2. The van der Waals surface area contributed by atoms with E-state index in [4.69, 9.17) is 11.6 Å². The topological polar surface area (TPSA) is 49.4 Å². The lowest BCUT2D eigenvalue weighted by Gasteiger charge is -2.33. The number of hydrogen-bond donors (Lipinski definition) is 1. The second-order valence-electron chi connectivity index (χ2n) is 6.44. The molecule has 0 bridgehead atoms. The van der Waals surface area contributed by atoms with Crippen LogP contribution in [0.3, 0.4) is 0 Å². The molecule has 2 aromatic rings. The maximum absolute atomic E-state index is 14.1. The molecule has 0 unspecified atom stereocenters. The molecule has 1 spiro atoms. The smallest absolute Gasteiger partial charge is 0.319 e. The Morgan fingerprint density at radius 3 is 2.76 bits per heavy atom. The van der Waals surface area contributed by atoms with E-state index in [0.29, 0.717) is 6.42 Å². The molecular formula is C19H16ClFN2O2. The van der Waals surface area contributed by atoms with E-state index in [1.165, 1.54) is 12.1 Å². The second kappa shape index (κ2) is 5.85. The van der Waals surface area contributed by atoms with Gasteiger partial charge in [-0.15, -0.1) is 0 Å². The summed E-state index contributed by atoms with van der Waals surface area (Å²) in [6.07, 6.45) is 2.22. The van der Waals surface area contributed by atoms with Crippen LogP contribution in [0.15, 0.2) is 42.5 Å². The number of fused-ring (bicyclic) bond motifs is 2. The molecule has 0 radical (unpaired) electrons. The first-order valence-corrected chi connectivity index (χ1v) is 8.56. The molecule has 4 rings (SSSR count). The summed E-state index contributed by atoms with van der Waals surface area (Å²) < 4.78 is 14.1. The van der Waals surface area contributed by atoms with Crippen molar-refractivity contribution in [1.82, 2.24) is 10.2 Å². The molecule has 1 N–H and O–H groups in total. The van der Waals surface area contributed by atoms with E-state index >= 15 is 0 Å². The van der Waals surface area contributed by atoms with Crippen LogP contribution in [0.2, 0.25) is 5.02 Å². The Morgan fingerprint density at radius 2 is 1.96 bits per heavy atom. The van der Waals surface area contributed by atoms with Gasteiger partial charge in [-0.25, -0.2) is 9.18 Å². The van der Waals surface area contributed by atoms with Gasteiger partial charge in [0.2, 0.25) is 0 Å². The number of halogens is 2. The van der Waals surface area contributed by atoms with Crippen LogP contribution in [0.25, 0.3) is 0 Å². The van der Waals surface area contributed by atoms with E-state index in [1.54, 1.807) is 6.07 Å². The quantitative estimate of drug-likeness (QED) is 0.831. The van der Waals surface area contributed by atoms with E-state index in [0.717, 1.165) is 28.9 Å². The zero-order valence-corrected chi connectivity index (χ0v) is 14.1. The van der Waals surface area contributed by atoms with E-state index in [-0.39, 0.29) is 23.0 Å². The highest BCUT2D eigenvalue weighted by Crippen LogP contribution is 2.40. The van der Waals surface area contributed by atoms with Crippen molar-refractivity contribution in [1.29, 1.82) is 0 Å². The van der Waals surface area contributed by atoms with Crippen LogP contribution in [0.4, 0.5) is 9.18 Å².